The molecule has 4 saturated carbocycles. The van der Waals surface area contributed by atoms with E-state index in [1.165, 1.54) is 42.1 Å². The Hall–Kier alpha value is -0.480. The standard InChI is InChI=1S/C15H23N3S/c1-16-3-2-13-17-18-15(19-13)14-11-5-9-4-10(7-11)8-12(14)6-9/h9-12,14,16H,2-8H2,1H3. The van der Waals surface area contributed by atoms with Gasteiger partial charge in [0.05, 0.1) is 0 Å². The molecule has 0 saturated heterocycles. The van der Waals surface area contributed by atoms with Crippen molar-refractivity contribution >= 4 is 11.3 Å². The average Bonchev–Trinajstić information content (AvgIpc) is 2.83. The van der Waals surface area contributed by atoms with Gasteiger partial charge in [0.25, 0.3) is 0 Å². The lowest BCUT2D eigenvalue weighted by Crippen LogP contribution is -2.43. The van der Waals surface area contributed by atoms with Crippen molar-refractivity contribution in [1.29, 1.82) is 0 Å². The Morgan fingerprint density at radius 2 is 1.74 bits per heavy atom. The van der Waals surface area contributed by atoms with Crippen molar-refractivity contribution in [2.75, 3.05) is 13.6 Å². The van der Waals surface area contributed by atoms with Crippen molar-refractivity contribution in [3.8, 4) is 0 Å². The molecule has 0 atom stereocenters. The molecule has 1 aromatic rings. The van der Waals surface area contributed by atoms with E-state index < -0.39 is 0 Å². The minimum atomic E-state index is 0.758. The highest BCUT2D eigenvalue weighted by Gasteiger charge is 2.49. The first kappa shape index (κ1) is 12.3. The van der Waals surface area contributed by atoms with E-state index in [4.69, 9.17) is 0 Å². The van der Waals surface area contributed by atoms with Gasteiger partial charge in [0.2, 0.25) is 0 Å². The van der Waals surface area contributed by atoms with Crippen LogP contribution in [0.2, 0.25) is 0 Å². The SMILES string of the molecule is CNCCc1nnc(C2C3CC4CC(C3)CC2C4)s1. The molecule has 19 heavy (non-hydrogen) atoms. The lowest BCUT2D eigenvalue weighted by atomic mass is 9.52. The number of hydrogen-bond acceptors (Lipinski definition) is 4. The predicted molar refractivity (Wildman–Crippen MR) is 77.3 cm³/mol. The summed E-state index contributed by atoms with van der Waals surface area (Å²) in [6.07, 6.45) is 8.46. The maximum absolute atomic E-state index is 4.56. The average molecular weight is 277 g/mol. The third kappa shape index (κ3) is 2.13. The third-order valence-corrected chi connectivity index (χ3v) is 6.67. The second-order valence-corrected chi connectivity index (χ2v) is 7.94. The van der Waals surface area contributed by atoms with Crippen molar-refractivity contribution in [1.82, 2.24) is 15.5 Å². The highest BCUT2D eigenvalue weighted by molar-refractivity contribution is 7.11. The molecule has 4 fully saturated rings. The number of likely N-dealkylation sites (N-methyl/N-ethyl adjacent to an activating group) is 1. The molecule has 0 radical (unpaired) electrons. The zero-order valence-corrected chi connectivity index (χ0v) is 12.5. The van der Waals surface area contributed by atoms with Gasteiger partial charge >= 0.3 is 0 Å². The topological polar surface area (TPSA) is 37.8 Å². The number of nitrogens with zero attached hydrogens (tertiary/aromatic N) is 2. The quantitative estimate of drug-likeness (QED) is 0.919. The van der Waals surface area contributed by atoms with Gasteiger partial charge in [0.1, 0.15) is 10.0 Å². The first-order valence-corrected chi connectivity index (χ1v) is 8.62. The second-order valence-electron chi connectivity index (χ2n) is 6.84. The Labute approximate surface area is 119 Å². The number of nitrogens with one attached hydrogen (secondary N) is 1. The molecular formula is C15H23N3S. The second kappa shape index (κ2) is 4.81. The molecule has 4 heteroatoms. The largest absolute Gasteiger partial charge is 0.319 e. The van der Waals surface area contributed by atoms with Crippen LogP contribution in [0.3, 0.4) is 0 Å². The highest BCUT2D eigenvalue weighted by atomic mass is 32.1. The van der Waals surface area contributed by atoms with E-state index in [-0.39, 0.29) is 0 Å². The van der Waals surface area contributed by atoms with Crippen molar-refractivity contribution in [2.45, 2.75) is 44.4 Å². The lowest BCUT2D eigenvalue weighted by molar-refractivity contribution is -0.00303. The van der Waals surface area contributed by atoms with Crippen LogP contribution in [0.1, 0.15) is 48.0 Å². The van der Waals surface area contributed by atoms with Crippen molar-refractivity contribution in [3.05, 3.63) is 10.0 Å². The first-order valence-electron chi connectivity index (χ1n) is 7.80. The monoisotopic (exact) mass is 277 g/mol. The molecular weight excluding hydrogens is 254 g/mol. The molecule has 5 rings (SSSR count). The Bertz CT molecular complexity index is 428. The van der Waals surface area contributed by atoms with Crippen molar-refractivity contribution in [2.24, 2.45) is 23.7 Å². The van der Waals surface area contributed by atoms with Crippen LogP contribution in [-0.2, 0) is 6.42 Å². The third-order valence-electron chi connectivity index (χ3n) is 5.58. The number of rotatable bonds is 4. The molecule has 4 aliphatic carbocycles. The maximum atomic E-state index is 4.56. The Morgan fingerprint density at radius 3 is 2.37 bits per heavy atom. The lowest BCUT2D eigenvalue weighted by Gasteiger charge is -2.53. The minimum absolute atomic E-state index is 0.758. The van der Waals surface area contributed by atoms with Gasteiger partial charge in [-0.15, -0.1) is 21.5 Å². The maximum Gasteiger partial charge on any atom is 0.121 e. The summed E-state index contributed by atoms with van der Waals surface area (Å²) in [5.74, 6) is 4.72. The van der Waals surface area contributed by atoms with Gasteiger partial charge in [-0.1, -0.05) is 0 Å². The molecule has 0 amide bonds. The molecule has 3 nitrogen and oxygen atoms in total. The van der Waals surface area contributed by atoms with Crippen LogP contribution in [0, 0.1) is 23.7 Å². The summed E-state index contributed by atoms with van der Waals surface area (Å²) in [4.78, 5) is 0. The number of aromatic nitrogens is 2. The zero-order chi connectivity index (χ0) is 12.8. The van der Waals surface area contributed by atoms with Crippen LogP contribution in [0.15, 0.2) is 0 Å². The molecule has 1 aromatic heterocycles. The summed E-state index contributed by atoms with van der Waals surface area (Å²) in [5, 5.41) is 14.7. The highest BCUT2D eigenvalue weighted by Crippen LogP contribution is 2.59. The van der Waals surface area contributed by atoms with Crippen molar-refractivity contribution in [3.63, 3.8) is 0 Å². The van der Waals surface area contributed by atoms with Gasteiger partial charge in [-0.05, 0) is 62.8 Å². The van der Waals surface area contributed by atoms with E-state index in [1.54, 1.807) is 0 Å². The summed E-state index contributed by atoms with van der Waals surface area (Å²) >= 11 is 1.89. The molecule has 1 heterocycles. The smallest absolute Gasteiger partial charge is 0.121 e. The Morgan fingerprint density at radius 1 is 1.05 bits per heavy atom. The molecule has 0 unspecified atom stereocenters. The Balaban J connectivity index is 1.54. The fourth-order valence-corrected chi connectivity index (χ4v) is 6.19. The van der Waals surface area contributed by atoms with Crippen LogP contribution in [0.5, 0.6) is 0 Å². The summed E-state index contributed by atoms with van der Waals surface area (Å²) in [6, 6.07) is 0. The zero-order valence-electron chi connectivity index (χ0n) is 11.6. The molecule has 1 N–H and O–H groups in total. The van der Waals surface area contributed by atoms with Gasteiger partial charge < -0.3 is 5.32 Å². The molecule has 0 aliphatic heterocycles. The van der Waals surface area contributed by atoms with E-state index >= 15 is 0 Å². The summed E-state index contributed by atoms with van der Waals surface area (Å²) in [6.45, 7) is 1.01. The predicted octanol–water partition coefficient (Wildman–Crippen LogP) is 2.84. The fraction of sp³-hybridized carbons (Fsp3) is 0.867. The molecule has 104 valence electrons. The van der Waals surface area contributed by atoms with E-state index in [0.29, 0.717) is 0 Å². The van der Waals surface area contributed by atoms with Crippen LogP contribution in [0.25, 0.3) is 0 Å². The summed E-state index contributed by atoms with van der Waals surface area (Å²) < 4.78 is 0. The van der Waals surface area contributed by atoms with Crippen LogP contribution in [-0.4, -0.2) is 23.8 Å². The Kier molecular flexibility index (Phi) is 3.11. The minimum Gasteiger partial charge on any atom is -0.319 e. The molecule has 0 aromatic carbocycles. The molecule has 4 aliphatic rings. The first-order chi connectivity index (χ1) is 9.33. The van der Waals surface area contributed by atoms with Gasteiger partial charge in [-0.2, -0.15) is 0 Å². The van der Waals surface area contributed by atoms with E-state index in [1.807, 2.05) is 18.4 Å². The normalized spacial score (nSPS) is 39.9. The van der Waals surface area contributed by atoms with E-state index in [0.717, 1.165) is 42.6 Å². The van der Waals surface area contributed by atoms with E-state index in [2.05, 4.69) is 15.5 Å². The summed E-state index contributed by atoms with van der Waals surface area (Å²) in [7, 11) is 2.00. The van der Waals surface area contributed by atoms with E-state index in [9.17, 15) is 0 Å². The molecule has 4 bridgehead atoms. The van der Waals surface area contributed by atoms with Gasteiger partial charge in [0.15, 0.2) is 0 Å². The van der Waals surface area contributed by atoms with Crippen molar-refractivity contribution < 1.29 is 0 Å². The van der Waals surface area contributed by atoms with Gasteiger partial charge in [0, 0.05) is 18.9 Å². The van der Waals surface area contributed by atoms with Crippen LogP contribution in [0.4, 0.5) is 0 Å². The molecule has 0 spiro atoms. The van der Waals surface area contributed by atoms with Gasteiger partial charge in [-0.25, -0.2) is 0 Å². The van der Waals surface area contributed by atoms with Gasteiger partial charge in [-0.3, -0.25) is 0 Å². The fourth-order valence-electron chi connectivity index (χ4n) is 5.06. The van der Waals surface area contributed by atoms with Crippen LogP contribution < -0.4 is 5.32 Å². The van der Waals surface area contributed by atoms with Crippen LogP contribution >= 0.6 is 11.3 Å². The number of hydrogen-bond donors (Lipinski definition) is 1. The summed E-state index contributed by atoms with van der Waals surface area (Å²) in [5.41, 5.74) is 0.